The van der Waals surface area contributed by atoms with Crippen LogP contribution in [0.15, 0.2) is 58.5 Å². The predicted octanol–water partition coefficient (Wildman–Crippen LogP) is 3.99. The summed E-state index contributed by atoms with van der Waals surface area (Å²) in [5.74, 6) is 0. The molecule has 0 spiro atoms. The van der Waals surface area contributed by atoms with E-state index < -0.39 is 0 Å². The average Bonchev–Trinajstić information content (AvgIpc) is 3.09. The molecule has 0 aliphatic heterocycles. The van der Waals surface area contributed by atoms with Crippen molar-refractivity contribution in [1.82, 2.24) is 15.1 Å². The third kappa shape index (κ3) is 3.36. The van der Waals surface area contributed by atoms with Gasteiger partial charge in [-0.3, -0.25) is 0 Å². The van der Waals surface area contributed by atoms with Gasteiger partial charge in [0.25, 0.3) is 0 Å². The molecule has 2 aromatic heterocycles. The Morgan fingerprint density at radius 2 is 1.90 bits per heavy atom. The van der Waals surface area contributed by atoms with Crippen molar-refractivity contribution in [3.8, 4) is 5.69 Å². The molecule has 1 aromatic carbocycles. The molecule has 0 unspecified atom stereocenters. The van der Waals surface area contributed by atoms with Crippen LogP contribution in [-0.2, 0) is 13.1 Å². The molecule has 102 valence electrons. The quantitative estimate of drug-likeness (QED) is 0.756. The summed E-state index contributed by atoms with van der Waals surface area (Å²) < 4.78 is 3.07. The highest BCUT2D eigenvalue weighted by atomic mass is 79.9. The number of para-hydroxylation sites is 1. The maximum Gasteiger partial charge on any atom is 0.0766 e. The molecule has 0 saturated heterocycles. The van der Waals surface area contributed by atoms with Crippen LogP contribution in [0.4, 0.5) is 0 Å². The maximum absolute atomic E-state index is 4.57. The fourth-order valence-corrected chi connectivity index (χ4v) is 3.39. The van der Waals surface area contributed by atoms with E-state index in [9.17, 15) is 0 Å². The van der Waals surface area contributed by atoms with Gasteiger partial charge in [-0.1, -0.05) is 18.2 Å². The summed E-state index contributed by atoms with van der Waals surface area (Å²) in [5, 5.41) is 7.98. The monoisotopic (exact) mass is 347 g/mol. The van der Waals surface area contributed by atoms with Crippen LogP contribution in [0.3, 0.4) is 0 Å². The normalized spacial score (nSPS) is 10.8. The lowest BCUT2D eigenvalue weighted by molar-refractivity contribution is 0.675. The van der Waals surface area contributed by atoms with Gasteiger partial charge in [0.2, 0.25) is 0 Å². The molecule has 0 aliphatic carbocycles. The molecule has 0 radical (unpaired) electrons. The van der Waals surface area contributed by atoms with E-state index >= 15 is 0 Å². The summed E-state index contributed by atoms with van der Waals surface area (Å²) in [6, 6.07) is 16.4. The lowest BCUT2D eigenvalue weighted by Gasteiger charge is -2.01. The van der Waals surface area contributed by atoms with Crippen molar-refractivity contribution in [2.24, 2.45) is 0 Å². The predicted molar refractivity (Wildman–Crippen MR) is 86.1 cm³/mol. The number of benzene rings is 1. The SMILES string of the molecule is Brc1ccc(CNCc2ccn(-c3ccccc3)n2)s1. The Kier molecular flexibility index (Phi) is 4.30. The van der Waals surface area contributed by atoms with E-state index in [1.807, 2.05) is 47.3 Å². The van der Waals surface area contributed by atoms with Crippen LogP contribution in [0.2, 0.25) is 0 Å². The second-order valence-electron chi connectivity index (χ2n) is 4.40. The highest BCUT2D eigenvalue weighted by molar-refractivity contribution is 9.11. The van der Waals surface area contributed by atoms with E-state index in [1.54, 1.807) is 11.3 Å². The lowest BCUT2D eigenvalue weighted by Crippen LogP contribution is -2.12. The van der Waals surface area contributed by atoms with Gasteiger partial charge in [0.1, 0.15) is 0 Å². The van der Waals surface area contributed by atoms with Gasteiger partial charge >= 0.3 is 0 Å². The third-order valence-corrected chi connectivity index (χ3v) is 4.52. The minimum absolute atomic E-state index is 0.773. The second kappa shape index (κ2) is 6.35. The first-order valence-electron chi connectivity index (χ1n) is 6.36. The molecule has 0 saturated carbocycles. The molecule has 0 aliphatic rings. The summed E-state index contributed by atoms with van der Waals surface area (Å²) in [6.45, 7) is 1.64. The van der Waals surface area contributed by atoms with Crippen LogP contribution in [0.1, 0.15) is 10.6 Å². The zero-order valence-electron chi connectivity index (χ0n) is 10.8. The molecule has 0 atom stereocenters. The zero-order chi connectivity index (χ0) is 13.8. The number of aromatic nitrogens is 2. The minimum atomic E-state index is 0.773. The van der Waals surface area contributed by atoms with Crippen molar-refractivity contribution in [3.05, 3.63) is 69.1 Å². The number of hydrogen-bond donors (Lipinski definition) is 1. The Balaban J connectivity index is 1.58. The van der Waals surface area contributed by atoms with Crippen molar-refractivity contribution in [3.63, 3.8) is 0 Å². The summed E-state index contributed by atoms with van der Waals surface area (Å²) >= 11 is 5.23. The number of thiophene rings is 1. The lowest BCUT2D eigenvalue weighted by atomic mass is 10.3. The van der Waals surface area contributed by atoms with Crippen LogP contribution < -0.4 is 5.32 Å². The fraction of sp³-hybridized carbons (Fsp3) is 0.133. The van der Waals surface area contributed by atoms with E-state index in [0.717, 1.165) is 24.5 Å². The standard InChI is InChI=1S/C15H14BrN3S/c16-15-7-6-14(20-15)11-17-10-12-8-9-19(18-12)13-4-2-1-3-5-13/h1-9,17H,10-11H2. The molecular weight excluding hydrogens is 334 g/mol. The fourth-order valence-electron chi connectivity index (χ4n) is 1.94. The van der Waals surface area contributed by atoms with E-state index in [1.165, 1.54) is 8.66 Å². The number of rotatable bonds is 5. The molecule has 3 rings (SSSR count). The molecule has 1 N–H and O–H groups in total. The van der Waals surface area contributed by atoms with Crippen molar-refractivity contribution < 1.29 is 0 Å². The van der Waals surface area contributed by atoms with Crippen molar-refractivity contribution in [2.45, 2.75) is 13.1 Å². The zero-order valence-corrected chi connectivity index (χ0v) is 13.2. The van der Waals surface area contributed by atoms with Gasteiger partial charge in [0, 0.05) is 24.2 Å². The molecular formula is C15H14BrN3S. The van der Waals surface area contributed by atoms with E-state index in [0.29, 0.717) is 0 Å². The third-order valence-electron chi connectivity index (χ3n) is 2.90. The van der Waals surface area contributed by atoms with Crippen molar-refractivity contribution in [2.75, 3.05) is 0 Å². The highest BCUT2D eigenvalue weighted by Crippen LogP contribution is 2.21. The van der Waals surface area contributed by atoms with Gasteiger partial charge < -0.3 is 5.32 Å². The summed E-state index contributed by atoms with van der Waals surface area (Å²) in [7, 11) is 0. The van der Waals surface area contributed by atoms with Crippen LogP contribution in [0, 0.1) is 0 Å². The number of nitrogens with one attached hydrogen (secondary N) is 1. The summed E-state index contributed by atoms with van der Waals surface area (Å²) in [5.41, 5.74) is 2.13. The Morgan fingerprint density at radius 3 is 2.65 bits per heavy atom. The second-order valence-corrected chi connectivity index (χ2v) is 6.94. The Morgan fingerprint density at radius 1 is 1.05 bits per heavy atom. The van der Waals surface area contributed by atoms with Gasteiger partial charge in [-0.2, -0.15) is 5.10 Å². The molecule has 0 amide bonds. The van der Waals surface area contributed by atoms with E-state index in [4.69, 9.17) is 0 Å². The number of hydrogen-bond acceptors (Lipinski definition) is 3. The Hall–Kier alpha value is -1.43. The summed E-state index contributed by atoms with van der Waals surface area (Å²) in [4.78, 5) is 1.32. The molecule has 0 fully saturated rings. The molecule has 3 aromatic rings. The van der Waals surface area contributed by atoms with E-state index in [2.05, 4.69) is 38.5 Å². The first-order chi connectivity index (χ1) is 9.81. The van der Waals surface area contributed by atoms with Gasteiger partial charge in [0.15, 0.2) is 0 Å². The van der Waals surface area contributed by atoms with Gasteiger partial charge in [-0.05, 0) is 46.3 Å². The Labute approximate surface area is 130 Å². The topological polar surface area (TPSA) is 29.9 Å². The van der Waals surface area contributed by atoms with Crippen LogP contribution >= 0.6 is 27.3 Å². The van der Waals surface area contributed by atoms with Crippen molar-refractivity contribution >= 4 is 27.3 Å². The Bertz CT molecular complexity index is 675. The van der Waals surface area contributed by atoms with Crippen LogP contribution in [0.5, 0.6) is 0 Å². The first kappa shape index (κ1) is 13.5. The molecule has 3 nitrogen and oxygen atoms in total. The molecule has 0 bridgehead atoms. The van der Waals surface area contributed by atoms with Crippen molar-refractivity contribution in [1.29, 1.82) is 0 Å². The van der Waals surface area contributed by atoms with Gasteiger partial charge in [-0.15, -0.1) is 11.3 Å². The molecule has 2 heterocycles. The summed E-state index contributed by atoms with van der Waals surface area (Å²) in [6.07, 6.45) is 1.99. The van der Waals surface area contributed by atoms with Gasteiger partial charge in [0.05, 0.1) is 15.2 Å². The smallest absolute Gasteiger partial charge is 0.0766 e. The first-order valence-corrected chi connectivity index (χ1v) is 7.97. The number of halogens is 1. The van der Waals surface area contributed by atoms with E-state index in [-0.39, 0.29) is 0 Å². The van der Waals surface area contributed by atoms with Crippen LogP contribution in [0.25, 0.3) is 5.69 Å². The largest absolute Gasteiger partial charge is 0.306 e. The average molecular weight is 348 g/mol. The number of nitrogens with zero attached hydrogens (tertiary/aromatic N) is 2. The minimum Gasteiger partial charge on any atom is -0.306 e. The maximum atomic E-state index is 4.57. The molecule has 5 heteroatoms. The van der Waals surface area contributed by atoms with Crippen LogP contribution in [-0.4, -0.2) is 9.78 Å². The highest BCUT2D eigenvalue weighted by Gasteiger charge is 2.01. The van der Waals surface area contributed by atoms with Gasteiger partial charge in [-0.25, -0.2) is 4.68 Å². The molecule has 20 heavy (non-hydrogen) atoms.